The third kappa shape index (κ3) is 3.93. The summed E-state index contributed by atoms with van der Waals surface area (Å²) in [6.45, 7) is 5.36. The molecule has 0 aliphatic carbocycles. The number of aromatic nitrogens is 1. The fraction of sp³-hybridized carbons (Fsp3) is 0.500. The maximum Gasteiger partial charge on any atom is 0.244 e. The van der Waals surface area contributed by atoms with Gasteiger partial charge < -0.3 is 5.32 Å². The van der Waals surface area contributed by atoms with E-state index < -0.39 is 15.6 Å². The second-order valence-corrected chi connectivity index (χ2v) is 7.17. The highest BCUT2D eigenvalue weighted by atomic mass is 79.9. The minimum atomic E-state index is -3.59. The first-order valence-corrected chi connectivity index (χ1v) is 7.30. The number of nitrogens with zero attached hydrogens (tertiary/aromatic N) is 1. The van der Waals surface area contributed by atoms with Crippen molar-refractivity contribution in [3.05, 3.63) is 16.7 Å². The topological polar surface area (TPSA) is 71.1 Å². The summed E-state index contributed by atoms with van der Waals surface area (Å²) < 4.78 is 27.5. The zero-order valence-corrected chi connectivity index (χ0v) is 12.6. The van der Waals surface area contributed by atoms with Gasteiger partial charge in [-0.3, -0.25) is 0 Å². The quantitative estimate of drug-likeness (QED) is 0.892. The van der Waals surface area contributed by atoms with Crippen molar-refractivity contribution in [1.29, 1.82) is 0 Å². The second-order valence-electron chi connectivity index (χ2n) is 4.61. The summed E-state index contributed by atoms with van der Waals surface area (Å²) in [5, 5.41) is 2.76. The van der Waals surface area contributed by atoms with Gasteiger partial charge in [0.15, 0.2) is 0 Å². The van der Waals surface area contributed by atoms with Crippen LogP contribution in [0.15, 0.2) is 21.6 Å². The lowest BCUT2D eigenvalue weighted by Gasteiger charge is -2.21. The molecule has 1 aromatic heterocycles. The van der Waals surface area contributed by atoms with Crippen LogP contribution in [-0.4, -0.2) is 26.0 Å². The Morgan fingerprint density at radius 3 is 2.41 bits per heavy atom. The van der Waals surface area contributed by atoms with Crippen molar-refractivity contribution in [3.8, 4) is 0 Å². The Hall–Kier alpha value is -0.660. The Morgan fingerprint density at radius 2 is 1.94 bits per heavy atom. The highest BCUT2D eigenvalue weighted by molar-refractivity contribution is 9.10. The van der Waals surface area contributed by atoms with Gasteiger partial charge in [0.1, 0.15) is 10.7 Å². The Kier molecular flexibility index (Phi) is 4.16. The molecule has 0 saturated carbocycles. The highest BCUT2D eigenvalue weighted by Gasteiger charge is 2.25. The van der Waals surface area contributed by atoms with E-state index in [0.29, 0.717) is 10.3 Å². The first-order chi connectivity index (χ1) is 7.65. The lowest BCUT2D eigenvalue weighted by atomic mass is 10.1. The van der Waals surface area contributed by atoms with Crippen molar-refractivity contribution in [2.24, 2.45) is 0 Å². The van der Waals surface area contributed by atoms with Gasteiger partial charge in [-0.2, -0.15) is 0 Å². The number of sulfonamides is 1. The minimum Gasteiger partial charge on any atom is -0.372 e. The number of nitrogens with one attached hydrogen (secondary N) is 2. The van der Waals surface area contributed by atoms with Crippen molar-refractivity contribution in [3.63, 3.8) is 0 Å². The lowest BCUT2D eigenvalue weighted by Crippen LogP contribution is -2.40. The van der Waals surface area contributed by atoms with Crippen molar-refractivity contribution < 1.29 is 8.42 Å². The van der Waals surface area contributed by atoms with Crippen molar-refractivity contribution in [2.75, 3.05) is 12.4 Å². The molecule has 5 nitrogen and oxygen atoms in total. The van der Waals surface area contributed by atoms with Crippen LogP contribution in [0, 0.1) is 0 Å². The number of hydrogen-bond donors (Lipinski definition) is 2. The number of rotatable bonds is 3. The van der Waals surface area contributed by atoms with E-state index in [1.807, 2.05) is 0 Å². The van der Waals surface area contributed by atoms with E-state index in [0.717, 1.165) is 0 Å². The smallest absolute Gasteiger partial charge is 0.244 e. The molecule has 0 aliphatic heterocycles. The zero-order valence-electron chi connectivity index (χ0n) is 10.2. The predicted molar refractivity (Wildman–Crippen MR) is 71.6 cm³/mol. The molecule has 0 atom stereocenters. The Balaban J connectivity index is 3.28. The third-order valence-electron chi connectivity index (χ3n) is 1.79. The molecule has 17 heavy (non-hydrogen) atoms. The molecule has 7 heteroatoms. The molecule has 96 valence electrons. The molecule has 0 saturated heterocycles. The van der Waals surface area contributed by atoms with Crippen molar-refractivity contribution in [1.82, 2.24) is 9.71 Å². The molecule has 1 heterocycles. The first-order valence-electron chi connectivity index (χ1n) is 5.03. The van der Waals surface area contributed by atoms with Gasteiger partial charge in [0, 0.05) is 23.3 Å². The zero-order chi connectivity index (χ0) is 13.3. The molecular weight excluding hydrogens is 306 g/mol. The van der Waals surface area contributed by atoms with Crippen LogP contribution in [0.2, 0.25) is 0 Å². The number of anilines is 1. The minimum absolute atomic E-state index is 0.129. The summed E-state index contributed by atoms with van der Waals surface area (Å²) in [5.41, 5.74) is -0.536. The maximum atomic E-state index is 12.2. The summed E-state index contributed by atoms with van der Waals surface area (Å²) >= 11 is 3.22. The van der Waals surface area contributed by atoms with Crippen molar-refractivity contribution >= 4 is 31.8 Å². The van der Waals surface area contributed by atoms with Crippen LogP contribution in [0.25, 0.3) is 0 Å². The van der Waals surface area contributed by atoms with Crippen LogP contribution in [0.5, 0.6) is 0 Å². The molecule has 0 bridgehead atoms. The average molecular weight is 322 g/mol. The van der Waals surface area contributed by atoms with Gasteiger partial charge in [-0.05, 0) is 42.8 Å². The van der Waals surface area contributed by atoms with Crippen LogP contribution in [0.4, 0.5) is 5.82 Å². The number of halogens is 1. The van der Waals surface area contributed by atoms with Gasteiger partial charge in [-0.25, -0.2) is 18.1 Å². The molecule has 0 amide bonds. The molecule has 0 spiro atoms. The molecule has 0 fully saturated rings. The first kappa shape index (κ1) is 14.4. The molecule has 1 rings (SSSR count). The van der Waals surface area contributed by atoms with Crippen molar-refractivity contribution in [2.45, 2.75) is 31.2 Å². The van der Waals surface area contributed by atoms with Crippen LogP contribution >= 0.6 is 15.9 Å². The summed E-state index contributed by atoms with van der Waals surface area (Å²) in [7, 11) is -1.96. The van der Waals surface area contributed by atoms with Gasteiger partial charge in [-0.15, -0.1) is 0 Å². The SMILES string of the molecule is CNc1ncc(Br)cc1S(=O)(=O)NC(C)(C)C. The van der Waals surface area contributed by atoms with Gasteiger partial charge in [0.05, 0.1) is 0 Å². The van der Waals surface area contributed by atoms with Gasteiger partial charge in [0.25, 0.3) is 0 Å². The molecular formula is C10H16BrN3O2S. The molecule has 0 aliphatic rings. The van der Waals surface area contributed by atoms with E-state index in [-0.39, 0.29) is 4.90 Å². The summed E-state index contributed by atoms with van der Waals surface area (Å²) in [6.07, 6.45) is 1.54. The Bertz CT molecular complexity index is 509. The molecule has 0 aromatic carbocycles. The monoisotopic (exact) mass is 321 g/mol. The molecule has 2 N–H and O–H groups in total. The number of pyridine rings is 1. The fourth-order valence-corrected chi connectivity index (χ4v) is 3.36. The average Bonchev–Trinajstić information content (AvgIpc) is 2.14. The molecule has 0 radical (unpaired) electrons. The largest absolute Gasteiger partial charge is 0.372 e. The van der Waals surface area contributed by atoms with E-state index in [1.54, 1.807) is 34.0 Å². The van der Waals surface area contributed by atoms with Crippen LogP contribution in [-0.2, 0) is 10.0 Å². The fourth-order valence-electron chi connectivity index (χ4n) is 1.27. The summed E-state index contributed by atoms with van der Waals surface area (Å²) in [5.74, 6) is 0.324. The van der Waals surface area contributed by atoms with Gasteiger partial charge in [0.2, 0.25) is 10.0 Å². The van der Waals surface area contributed by atoms with Crippen LogP contribution in [0.1, 0.15) is 20.8 Å². The second kappa shape index (κ2) is 4.91. The van der Waals surface area contributed by atoms with Crippen LogP contribution < -0.4 is 10.0 Å². The molecule has 0 unspecified atom stereocenters. The highest BCUT2D eigenvalue weighted by Crippen LogP contribution is 2.23. The Labute approximate surface area is 110 Å². The predicted octanol–water partition coefficient (Wildman–Crippen LogP) is 1.96. The lowest BCUT2D eigenvalue weighted by molar-refractivity contribution is 0.491. The van der Waals surface area contributed by atoms with Crippen LogP contribution in [0.3, 0.4) is 0 Å². The number of hydrogen-bond acceptors (Lipinski definition) is 4. The van der Waals surface area contributed by atoms with E-state index in [4.69, 9.17) is 0 Å². The molecule has 1 aromatic rings. The summed E-state index contributed by atoms with van der Waals surface area (Å²) in [4.78, 5) is 4.14. The normalized spacial score (nSPS) is 12.5. The van der Waals surface area contributed by atoms with E-state index in [2.05, 4.69) is 31.0 Å². The van der Waals surface area contributed by atoms with E-state index in [9.17, 15) is 8.42 Å². The van der Waals surface area contributed by atoms with Gasteiger partial charge in [-0.1, -0.05) is 0 Å². The third-order valence-corrected chi connectivity index (χ3v) is 3.99. The standard InChI is InChI=1S/C10H16BrN3O2S/c1-10(2,3)14-17(15,16)8-5-7(11)6-13-9(8)12-4/h5-6,14H,1-4H3,(H,12,13). The van der Waals surface area contributed by atoms with E-state index in [1.165, 1.54) is 6.07 Å². The van der Waals surface area contributed by atoms with Gasteiger partial charge >= 0.3 is 0 Å². The summed E-state index contributed by atoms with van der Waals surface area (Å²) in [6, 6.07) is 1.52. The Morgan fingerprint density at radius 1 is 1.35 bits per heavy atom. The maximum absolute atomic E-state index is 12.2. The van der Waals surface area contributed by atoms with E-state index >= 15 is 0 Å².